The lowest BCUT2D eigenvalue weighted by molar-refractivity contribution is -0.127. The lowest BCUT2D eigenvalue weighted by atomic mass is 10.2. The molecule has 0 fully saturated rings. The van der Waals surface area contributed by atoms with Gasteiger partial charge in [-0.05, 0) is 0 Å². The molecule has 0 bridgehead atoms. The highest BCUT2D eigenvalue weighted by molar-refractivity contribution is 5.74. The Labute approximate surface area is 621 Å². The highest BCUT2D eigenvalue weighted by Gasteiger charge is 2.20. The van der Waals surface area contributed by atoms with Gasteiger partial charge in [0.05, 0.1) is 238 Å². The van der Waals surface area contributed by atoms with Gasteiger partial charge in [-0.15, -0.1) is 0 Å². The summed E-state index contributed by atoms with van der Waals surface area (Å²) in [5.74, 6) is -0.862. The Morgan fingerprint density at radius 2 is 0.343 bits per heavy atom. The summed E-state index contributed by atoms with van der Waals surface area (Å²) in [4.78, 5) is 87.7. The van der Waals surface area contributed by atoms with Gasteiger partial charge in [0.1, 0.15) is 30.5 Å². The average molecular weight is 1530 g/mol. The Bertz CT molecular complexity index is 1820. The minimum atomic E-state index is -0.427. The molecule has 0 atom stereocenters. The van der Waals surface area contributed by atoms with Crippen molar-refractivity contribution in [2.45, 2.75) is 92.8 Å². The van der Waals surface area contributed by atoms with Crippen LogP contribution in [0.5, 0.6) is 0 Å². The van der Waals surface area contributed by atoms with E-state index in [2.05, 4.69) is 42.5 Å². The van der Waals surface area contributed by atoms with Crippen LogP contribution in [0.2, 0.25) is 0 Å². The molecule has 37 nitrogen and oxygen atoms in total. The third kappa shape index (κ3) is 84.4. The average Bonchev–Trinajstić information content (AvgIpc) is 1.05. The molecule has 0 aromatic rings. The fourth-order valence-corrected chi connectivity index (χ4v) is 7.77. The van der Waals surface area contributed by atoms with Crippen molar-refractivity contribution in [3.63, 3.8) is 0 Å². The summed E-state index contributed by atoms with van der Waals surface area (Å²) in [7, 11) is 1.56. The van der Waals surface area contributed by atoms with Crippen LogP contribution in [0.3, 0.4) is 0 Å². The monoisotopic (exact) mass is 1520 g/mol. The predicted molar refractivity (Wildman–Crippen MR) is 381 cm³/mol. The second-order valence-electron chi connectivity index (χ2n) is 23.1. The van der Waals surface area contributed by atoms with Crippen LogP contribution in [0.1, 0.15) is 62.3 Å². The Morgan fingerprint density at radius 3 is 0.486 bits per heavy atom. The minimum absolute atomic E-state index is 0.0217. The summed E-state index contributed by atoms with van der Waals surface area (Å²) >= 11 is 0. The standard InChI is InChI=1S/C34H66N4O15.C34H66N4O14/c1-28(39)35-6-10-44-14-18-48-22-33(23-49-19-15-45-11-7-36-29(2)40)52-26-32(43-5)27-53-34(24-50-20-16-46-12-8-37-30(3)41)25-51-21-17-47-13-9-38-31(4)42;1-28(22-51-33(24-47-18-14-43-10-6-35-29(2)39)25-48-19-15-44-11-7-36-30(3)40)23-52-34(26-49-20-16-45-12-8-37-31(4)41)27-50-21-17-46-13-9-38-32(5)42/h32-34H,6-27H2,1-5H3,(H,35,39)(H,36,40)(H,37,41)(H,38,42);28,33-34H,6-27H2,1-5H3,(H,35,39)(H,36,40)(H,37,41)(H,38,42). The molecule has 618 valence electrons. The zero-order valence-electron chi connectivity index (χ0n) is 64.4. The van der Waals surface area contributed by atoms with Gasteiger partial charge in [0.2, 0.25) is 47.3 Å². The van der Waals surface area contributed by atoms with Gasteiger partial charge in [0.25, 0.3) is 0 Å². The molecule has 0 aliphatic rings. The summed E-state index contributed by atoms with van der Waals surface area (Å²) in [5.41, 5.74) is 0. The second-order valence-corrected chi connectivity index (χ2v) is 23.1. The third-order valence-electron chi connectivity index (χ3n) is 13.0. The fraction of sp³-hybridized carbons (Fsp3) is 0.882. The van der Waals surface area contributed by atoms with Crippen LogP contribution < -0.4 is 42.5 Å². The van der Waals surface area contributed by atoms with Crippen LogP contribution in [-0.2, 0) is 138 Å². The topological polar surface area (TPSA) is 427 Å². The Kier molecular flexibility index (Phi) is 76.2. The fourth-order valence-electron chi connectivity index (χ4n) is 7.77. The quantitative estimate of drug-likeness (QED) is 0.0292. The Hall–Kier alpha value is -5.08. The molecule has 8 N–H and O–H groups in total. The van der Waals surface area contributed by atoms with E-state index in [9.17, 15) is 38.4 Å². The SMILES string of the molecule is CC(=O)NCCOCCOCC(COCCOCCNC(C)=O)OCC(C)COC(COCCOCCNC(C)=O)COCCOCCNC(C)=O.COC(COC(COCCOCCNC(C)=O)COCCOCCNC(C)=O)COC(COCCOCCNC(C)=O)COCCOCCNC(C)=O. The molecule has 8 amide bonds. The van der Waals surface area contributed by atoms with Gasteiger partial charge in [-0.1, -0.05) is 6.92 Å². The lowest BCUT2D eigenvalue weighted by Crippen LogP contribution is -2.36. The molecule has 0 radical (unpaired) electrons. The van der Waals surface area contributed by atoms with Gasteiger partial charge in [0, 0.05) is 121 Å². The third-order valence-corrected chi connectivity index (χ3v) is 13.0. The molecule has 0 aliphatic carbocycles. The summed E-state index contributed by atoms with van der Waals surface area (Å²) in [6, 6.07) is 0. The van der Waals surface area contributed by atoms with Crippen LogP contribution in [0.4, 0.5) is 0 Å². The molecular formula is C68H132N8O29. The van der Waals surface area contributed by atoms with E-state index in [4.69, 9.17) is 99.5 Å². The summed E-state index contributed by atoms with van der Waals surface area (Å²) in [5, 5.41) is 21.3. The van der Waals surface area contributed by atoms with Crippen molar-refractivity contribution in [1.82, 2.24) is 42.5 Å². The van der Waals surface area contributed by atoms with E-state index < -0.39 is 18.3 Å². The largest absolute Gasteiger partial charge is 0.377 e. The van der Waals surface area contributed by atoms with Crippen LogP contribution in [-0.4, -0.2) is 375 Å². The maximum absolute atomic E-state index is 11.0. The molecule has 0 rings (SSSR count). The molecule has 0 aromatic heterocycles. The first-order valence-electron chi connectivity index (χ1n) is 35.9. The minimum Gasteiger partial charge on any atom is -0.377 e. The smallest absolute Gasteiger partial charge is 0.216 e. The Morgan fingerprint density at radius 1 is 0.200 bits per heavy atom. The van der Waals surface area contributed by atoms with Crippen molar-refractivity contribution < 1.29 is 138 Å². The zero-order chi connectivity index (χ0) is 77.7. The van der Waals surface area contributed by atoms with Crippen molar-refractivity contribution in [2.75, 3.05) is 297 Å². The molecule has 0 spiro atoms. The number of nitrogens with one attached hydrogen (secondary N) is 8. The summed E-state index contributed by atoms with van der Waals surface area (Å²) in [6.45, 7) is 29.0. The summed E-state index contributed by atoms with van der Waals surface area (Å²) < 4.78 is 120. The molecule has 105 heavy (non-hydrogen) atoms. The van der Waals surface area contributed by atoms with Crippen molar-refractivity contribution in [2.24, 2.45) is 5.92 Å². The van der Waals surface area contributed by atoms with E-state index in [0.717, 1.165) is 0 Å². The van der Waals surface area contributed by atoms with Crippen LogP contribution in [0.15, 0.2) is 0 Å². The number of ether oxygens (including phenoxy) is 21. The van der Waals surface area contributed by atoms with Gasteiger partial charge >= 0.3 is 0 Å². The van der Waals surface area contributed by atoms with E-state index in [0.29, 0.717) is 224 Å². The maximum Gasteiger partial charge on any atom is 0.216 e. The number of methoxy groups -OCH3 is 1. The zero-order valence-corrected chi connectivity index (χ0v) is 64.4. The highest BCUT2D eigenvalue weighted by Crippen LogP contribution is 2.08. The molecule has 0 aliphatic heterocycles. The number of amides is 8. The van der Waals surface area contributed by atoms with Gasteiger partial charge in [-0.3, -0.25) is 38.4 Å². The molecule has 0 saturated heterocycles. The van der Waals surface area contributed by atoms with Crippen LogP contribution in [0.25, 0.3) is 0 Å². The maximum atomic E-state index is 11.0. The van der Waals surface area contributed by atoms with Gasteiger partial charge in [0.15, 0.2) is 0 Å². The molecule has 0 saturated carbocycles. The number of carbonyl (C=O) groups is 8. The van der Waals surface area contributed by atoms with E-state index in [-0.39, 0.29) is 131 Å². The Balaban J connectivity index is 0. The predicted octanol–water partition coefficient (Wildman–Crippen LogP) is -2.48. The van der Waals surface area contributed by atoms with Crippen LogP contribution >= 0.6 is 0 Å². The first-order chi connectivity index (χ1) is 50.7. The lowest BCUT2D eigenvalue weighted by Gasteiger charge is -2.24. The normalized spacial score (nSPS) is 11.4. The van der Waals surface area contributed by atoms with Gasteiger partial charge < -0.3 is 142 Å². The van der Waals surface area contributed by atoms with E-state index in [1.165, 1.54) is 55.4 Å². The number of carbonyl (C=O) groups excluding carboxylic acids is 8. The number of rotatable bonds is 77. The highest BCUT2D eigenvalue weighted by atomic mass is 16.6. The number of hydrogen-bond donors (Lipinski definition) is 8. The first-order valence-corrected chi connectivity index (χ1v) is 35.9. The van der Waals surface area contributed by atoms with Crippen molar-refractivity contribution >= 4 is 47.3 Å². The van der Waals surface area contributed by atoms with Crippen molar-refractivity contribution in [1.29, 1.82) is 0 Å². The molecule has 0 heterocycles. The number of hydrogen-bond acceptors (Lipinski definition) is 29. The summed E-state index contributed by atoms with van der Waals surface area (Å²) in [6.07, 6.45) is -1.97. The van der Waals surface area contributed by atoms with E-state index in [1.807, 2.05) is 6.92 Å². The van der Waals surface area contributed by atoms with Gasteiger partial charge in [-0.2, -0.15) is 0 Å². The molecule has 0 unspecified atom stereocenters. The molecule has 0 aromatic carbocycles. The molecular weight excluding hydrogens is 1390 g/mol. The van der Waals surface area contributed by atoms with E-state index >= 15 is 0 Å². The molecule has 37 heteroatoms. The van der Waals surface area contributed by atoms with Crippen molar-refractivity contribution in [3.05, 3.63) is 0 Å². The van der Waals surface area contributed by atoms with Gasteiger partial charge in [-0.25, -0.2) is 0 Å². The first kappa shape index (κ1) is 102. The van der Waals surface area contributed by atoms with Crippen molar-refractivity contribution in [3.8, 4) is 0 Å². The van der Waals surface area contributed by atoms with E-state index in [1.54, 1.807) is 7.11 Å². The van der Waals surface area contributed by atoms with Crippen LogP contribution in [0, 0.1) is 5.92 Å². The second kappa shape index (κ2) is 78.5.